The minimum atomic E-state index is -0.513. The summed E-state index contributed by atoms with van der Waals surface area (Å²) in [7, 11) is 2.95. The molecule has 0 fully saturated rings. The third-order valence-electron chi connectivity index (χ3n) is 5.01. The number of nitrogens with one attached hydrogen (secondary N) is 1. The Balaban J connectivity index is 1.50. The lowest BCUT2D eigenvalue weighted by molar-refractivity contribution is -0.147. The van der Waals surface area contributed by atoms with E-state index in [2.05, 4.69) is 10.3 Å². The first kappa shape index (κ1) is 22.0. The molecule has 2 aromatic heterocycles. The number of benzene rings is 1. The summed E-state index contributed by atoms with van der Waals surface area (Å²) < 4.78 is 8.95. The quantitative estimate of drug-likeness (QED) is 0.535. The summed E-state index contributed by atoms with van der Waals surface area (Å²) >= 11 is 0. The molecule has 0 atom stereocenters. The van der Waals surface area contributed by atoms with E-state index in [1.54, 1.807) is 23.7 Å². The van der Waals surface area contributed by atoms with E-state index in [-0.39, 0.29) is 13.0 Å². The van der Waals surface area contributed by atoms with Crippen molar-refractivity contribution in [3.63, 3.8) is 0 Å². The summed E-state index contributed by atoms with van der Waals surface area (Å²) in [6.45, 7) is 2.02. The first-order chi connectivity index (χ1) is 14.8. The number of anilines is 1. The summed E-state index contributed by atoms with van der Waals surface area (Å²) in [5, 5.41) is 2.68. The van der Waals surface area contributed by atoms with Crippen LogP contribution in [0, 0.1) is 0 Å². The van der Waals surface area contributed by atoms with Crippen molar-refractivity contribution >= 4 is 28.7 Å². The zero-order valence-electron chi connectivity index (χ0n) is 17.8. The second kappa shape index (κ2) is 9.41. The largest absolute Gasteiger partial charge is 0.456 e. The number of ether oxygens (including phenoxy) is 1. The van der Waals surface area contributed by atoms with E-state index < -0.39 is 23.1 Å². The third-order valence-corrected chi connectivity index (χ3v) is 5.01. The molecule has 0 saturated carbocycles. The van der Waals surface area contributed by atoms with Crippen molar-refractivity contribution < 1.29 is 14.3 Å². The van der Waals surface area contributed by atoms with Crippen LogP contribution in [0.2, 0.25) is 0 Å². The maximum atomic E-state index is 12.4. The van der Waals surface area contributed by atoms with Crippen LogP contribution in [0.15, 0.2) is 40.2 Å². The fourth-order valence-corrected chi connectivity index (χ4v) is 3.20. The van der Waals surface area contributed by atoms with Crippen LogP contribution in [0.1, 0.15) is 25.3 Å². The Labute approximate surface area is 178 Å². The van der Waals surface area contributed by atoms with Crippen LogP contribution >= 0.6 is 0 Å². The van der Waals surface area contributed by atoms with Gasteiger partial charge in [0, 0.05) is 32.7 Å². The number of carbonyl (C=O) groups excluding carboxylic acids is 2. The zero-order valence-corrected chi connectivity index (χ0v) is 17.8. The molecule has 0 aliphatic rings. The minimum absolute atomic E-state index is 0.0736. The van der Waals surface area contributed by atoms with Gasteiger partial charge in [0.25, 0.3) is 11.5 Å². The Morgan fingerprint density at radius 2 is 1.81 bits per heavy atom. The van der Waals surface area contributed by atoms with Gasteiger partial charge in [-0.1, -0.05) is 19.1 Å². The van der Waals surface area contributed by atoms with Gasteiger partial charge in [-0.15, -0.1) is 0 Å². The second-order valence-corrected chi connectivity index (χ2v) is 7.18. The average molecular weight is 427 g/mol. The van der Waals surface area contributed by atoms with Gasteiger partial charge in [-0.05, 0) is 30.5 Å². The molecule has 0 bridgehead atoms. The smallest absolute Gasteiger partial charge is 0.332 e. The van der Waals surface area contributed by atoms with E-state index in [4.69, 9.17) is 4.74 Å². The Morgan fingerprint density at radius 1 is 1.10 bits per heavy atom. The molecule has 1 amide bonds. The number of aromatic nitrogens is 4. The summed E-state index contributed by atoms with van der Waals surface area (Å²) in [5.41, 5.74) is 1.50. The summed E-state index contributed by atoms with van der Waals surface area (Å²) in [5.74, 6) is -0.927. The topological polar surface area (TPSA) is 117 Å². The van der Waals surface area contributed by atoms with Gasteiger partial charge in [0.2, 0.25) is 0 Å². The van der Waals surface area contributed by atoms with E-state index in [0.29, 0.717) is 29.8 Å². The van der Waals surface area contributed by atoms with E-state index >= 15 is 0 Å². The van der Waals surface area contributed by atoms with Crippen LogP contribution in [-0.2, 0) is 41.4 Å². The maximum absolute atomic E-state index is 12.4. The molecule has 10 heteroatoms. The molecule has 1 aromatic carbocycles. The lowest BCUT2D eigenvalue weighted by Crippen LogP contribution is -2.37. The summed E-state index contributed by atoms with van der Waals surface area (Å²) in [4.78, 5) is 52.4. The predicted octanol–water partition coefficient (Wildman–Crippen LogP) is 0.958. The van der Waals surface area contributed by atoms with Crippen molar-refractivity contribution in [2.75, 3.05) is 11.9 Å². The number of imidazole rings is 1. The lowest BCUT2D eigenvalue weighted by atomic mass is 10.1. The molecule has 0 saturated heterocycles. The summed E-state index contributed by atoms with van der Waals surface area (Å²) in [6, 6.07) is 7.45. The van der Waals surface area contributed by atoms with Crippen LogP contribution in [0.25, 0.3) is 11.2 Å². The van der Waals surface area contributed by atoms with Crippen molar-refractivity contribution in [1.82, 2.24) is 18.7 Å². The molecule has 164 valence electrons. The zero-order chi connectivity index (χ0) is 22.5. The van der Waals surface area contributed by atoms with Gasteiger partial charge >= 0.3 is 11.7 Å². The first-order valence-corrected chi connectivity index (χ1v) is 9.97. The molecule has 0 aliphatic carbocycles. The molecule has 31 heavy (non-hydrogen) atoms. The van der Waals surface area contributed by atoms with Crippen LogP contribution in [-0.4, -0.2) is 37.2 Å². The number of hydrogen-bond donors (Lipinski definition) is 1. The Kier molecular flexibility index (Phi) is 6.68. The highest BCUT2D eigenvalue weighted by Gasteiger charge is 2.14. The van der Waals surface area contributed by atoms with E-state index in [9.17, 15) is 19.2 Å². The number of carbonyl (C=O) groups is 2. The Bertz CT molecular complexity index is 1220. The molecule has 10 nitrogen and oxygen atoms in total. The number of esters is 1. The standard InChI is InChI=1S/C21H25N5O5/c1-4-14-7-9-15(10-8-14)23-16(27)12-31-17(28)6-5-11-26-13-22-19-18(26)20(29)25(3)21(30)24(19)2/h7-10,13H,4-6,11-12H2,1-3H3,(H,23,27). The van der Waals surface area contributed by atoms with Gasteiger partial charge in [0.1, 0.15) is 0 Å². The van der Waals surface area contributed by atoms with Gasteiger partial charge in [-0.3, -0.25) is 23.5 Å². The van der Waals surface area contributed by atoms with Gasteiger partial charge in [-0.25, -0.2) is 9.78 Å². The third kappa shape index (κ3) is 4.90. The molecule has 0 unspecified atom stereocenters. The Morgan fingerprint density at radius 3 is 2.48 bits per heavy atom. The normalized spacial score (nSPS) is 10.9. The maximum Gasteiger partial charge on any atom is 0.332 e. The first-order valence-electron chi connectivity index (χ1n) is 9.97. The number of nitrogens with zero attached hydrogens (tertiary/aromatic N) is 4. The predicted molar refractivity (Wildman–Crippen MR) is 115 cm³/mol. The molecule has 1 N–H and O–H groups in total. The van der Waals surface area contributed by atoms with Gasteiger partial charge in [0.05, 0.1) is 6.33 Å². The van der Waals surface area contributed by atoms with Crippen LogP contribution < -0.4 is 16.6 Å². The van der Waals surface area contributed by atoms with Crippen LogP contribution in [0.3, 0.4) is 0 Å². The van der Waals surface area contributed by atoms with Gasteiger partial charge < -0.3 is 14.6 Å². The molecular weight excluding hydrogens is 402 g/mol. The van der Waals surface area contributed by atoms with E-state index in [1.165, 1.54) is 17.9 Å². The van der Waals surface area contributed by atoms with E-state index in [0.717, 1.165) is 16.6 Å². The van der Waals surface area contributed by atoms with Crippen molar-refractivity contribution in [2.24, 2.45) is 14.1 Å². The summed E-state index contributed by atoms with van der Waals surface area (Å²) in [6.07, 6.45) is 2.84. The fraction of sp³-hybridized carbons (Fsp3) is 0.381. The van der Waals surface area contributed by atoms with Crippen LogP contribution in [0.4, 0.5) is 5.69 Å². The molecule has 0 aliphatic heterocycles. The molecule has 0 radical (unpaired) electrons. The van der Waals surface area contributed by atoms with Gasteiger partial charge in [-0.2, -0.15) is 0 Å². The number of fused-ring (bicyclic) bond motifs is 1. The highest BCUT2D eigenvalue weighted by molar-refractivity contribution is 5.92. The lowest BCUT2D eigenvalue weighted by Gasteiger charge is -2.08. The average Bonchev–Trinajstić information content (AvgIpc) is 3.19. The highest BCUT2D eigenvalue weighted by atomic mass is 16.5. The monoisotopic (exact) mass is 427 g/mol. The molecule has 0 spiro atoms. The van der Waals surface area contributed by atoms with Crippen molar-refractivity contribution in [3.05, 3.63) is 57.0 Å². The van der Waals surface area contributed by atoms with E-state index in [1.807, 2.05) is 19.1 Å². The number of rotatable bonds is 8. The van der Waals surface area contributed by atoms with Crippen molar-refractivity contribution in [2.45, 2.75) is 32.7 Å². The molecular formula is C21H25N5O5. The highest BCUT2D eigenvalue weighted by Crippen LogP contribution is 2.10. The van der Waals surface area contributed by atoms with Gasteiger partial charge in [0.15, 0.2) is 17.8 Å². The van der Waals surface area contributed by atoms with Crippen LogP contribution in [0.5, 0.6) is 0 Å². The van der Waals surface area contributed by atoms with Crippen molar-refractivity contribution in [3.8, 4) is 0 Å². The minimum Gasteiger partial charge on any atom is -0.456 e. The number of amides is 1. The molecule has 3 aromatic rings. The number of hydrogen-bond acceptors (Lipinski definition) is 6. The number of aryl methyl sites for hydroxylation is 3. The Hall–Kier alpha value is -3.69. The molecule has 2 heterocycles. The fourth-order valence-electron chi connectivity index (χ4n) is 3.20. The SMILES string of the molecule is CCc1ccc(NC(=O)COC(=O)CCCn2cnc3c2c(=O)n(C)c(=O)n3C)cc1. The second-order valence-electron chi connectivity index (χ2n) is 7.18. The molecule has 3 rings (SSSR count). The van der Waals surface area contributed by atoms with Crippen molar-refractivity contribution in [1.29, 1.82) is 0 Å².